The Labute approximate surface area is 130 Å². The zero-order valence-electron chi connectivity index (χ0n) is 12.4. The summed E-state index contributed by atoms with van der Waals surface area (Å²) in [7, 11) is 0. The van der Waals surface area contributed by atoms with E-state index in [1.54, 1.807) is 6.07 Å². The van der Waals surface area contributed by atoms with Gasteiger partial charge >= 0.3 is 0 Å². The smallest absolute Gasteiger partial charge is 0.166 e. The minimum Gasteiger partial charge on any atom is -0.370 e. The van der Waals surface area contributed by atoms with Crippen LogP contribution in [0.5, 0.6) is 0 Å². The van der Waals surface area contributed by atoms with Crippen LogP contribution in [0.1, 0.15) is 44.6 Å². The van der Waals surface area contributed by atoms with Crippen LogP contribution >= 0.6 is 11.6 Å². The second-order valence-electron chi connectivity index (χ2n) is 5.65. The highest BCUT2D eigenvalue weighted by Crippen LogP contribution is 2.29. The quantitative estimate of drug-likeness (QED) is 0.768. The molecular weight excluding hydrogens is 291 g/mol. The van der Waals surface area contributed by atoms with E-state index in [2.05, 4.69) is 0 Å². The SMILES string of the molecule is CCOC(C(=O)Cc1ccc(F)cc1Cl)C1CCCCC1. The van der Waals surface area contributed by atoms with Gasteiger partial charge in [0.1, 0.15) is 11.9 Å². The van der Waals surface area contributed by atoms with Crippen molar-refractivity contribution < 1.29 is 13.9 Å². The van der Waals surface area contributed by atoms with E-state index in [-0.39, 0.29) is 24.1 Å². The van der Waals surface area contributed by atoms with Crippen LogP contribution < -0.4 is 0 Å². The molecule has 0 radical (unpaired) electrons. The number of ether oxygens (including phenoxy) is 1. The first-order valence-electron chi connectivity index (χ1n) is 7.70. The van der Waals surface area contributed by atoms with Crippen LogP contribution in [0.2, 0.25) is 5.02 Å². The van der Waals surface area contributed by atoms with E-state index in [1.807, 2.05) is 6.92 Å². The van der Waals surface area contributed by atoms with Gasteiger partial charge in [-0.1, -0.05) is 36.9 Å². The lowest BCUT2D eigenvalue weighted by atomic mass is 9.82. The molecule has 0 amide bonds. The molecular formula is C17H22ClFO2. The van der Waals surface area contributed by atoms with Crippen LogP contribution in [0.3, 0.4) is 0 Å². The van der Waals surface area contributed by atoms with Crippen LogP contribution in [0, 0.1) is 11.7 Å². The van der Waals surface area contributed by atoms with Crippen molar-refractivity contribution in [2.24, 2.45) is 5.92 Å². The third-order valence-corrected chi connectivity index (χ3v) is 4.47. The summed E-state index contributed by atoms with van der Waals surface area (Å²) in [5.74, 6) is -0.0208. The van der Waals surface area contributed by atoms with E-state index in [4.69, 9.17) is 16.3 Å². The van der Waals surface area contributed by atoms with E-state index in [0.29, 0.717) is 23.1 Å². The lowest BCUT2D eigenvalue weighted by Gasteiger charge is -2.29. The summed E-state index contributed by atoms with van der Waals surface area (Å²) in [5.41, 5.74) is 0.670. The molecule has 1 fully saturated rings. The molecule has 0 bridgehead atoms. The van der Waals surface area contributed by atoms with E-state index in [9.17, 15) is 9.18 Å². The fraction of sp³-hybridized carbons (Fsp3) is 0.588. The minimum absolute atomic E-state index is 0.0530. The first kappa shape index (κ1) is 16.4. The van der Waals surface area contributed by atoms with Crippen molar-refractivity contribution in [3.63, 3.8) is 0 Å². The van der Waals surface area contributed by atoms with Gasteiger partial charge in [0.05, 0.1) is 0 Å². The Hall–Kier alpha value is -0.930. The molecule has 1 aliphatic carbocycles. The third kappa shape index (κ3) is 4.52. The van der Waals surface area contributed by atoms with Crippen molar-refractivity contribution in [3.8, 4) is 0 Å². The van der Waals surface area contributed by atoms with Gasteiger partial charge in [-0.15, -0.1) is 0 Å². The minimum atomic E-state index is -0.384. The zero-order chi connectivity index (χ0) is 15.2. The van der Waals surface area contributed by atoms with Crippen molar-refractivity contribution in [2.75, 3.05) is 6.61 Å². The van der Waals surface area contributed by atoms with Gasteiger partial charge in [0.25, 0.3) is 0 Å². The Balaban J connectivity index is 2.07. The molecule has 4 heteroatoms. The topological polar surface area (TPSA) is 26.3 Å². The van der Waals surface area contributed by atoms with E-state index in [1.165, 1.54) is 31.4 Å². The van der Waals surface area contributed by atoms with Gasteiger partial charge in [-0.05, 0) is 43.4 Å². The van der Waals surface area contributed by atoms with Crippen molar-refractivity contribution in [1.82, 2.24) is 0 Å². The number of hydrogen-bond donors (Lipinski definition) is 0. The monoisotopic (exact) mass is 312 g/mol. The Morgan fingerprint density at radius 2 is 2.10 bits per heavy atom. The molecule has 1 aliphatic rings. The summed E-state index contributed by atoms with van der Waals surface area (Å²) in [5, 5.41) is 0.308. The van der Waals surface area contributed by atoms with Gasteiger partial charge in [0.2, 0.25) is 0 Å². The number of halogens is 2. The largest absolute Gasteiger partial charge is 0.370 e. The van der Waals surface area contributed by atoms with Crippen molar-refractivity contribution in [2.45, 2.75) is 51.6 Å². The molecule has 1 atom stereocenters. The Morgan fingerprint density at radius 1 is 1.38 bits per heavy atom. The molecule has 21 heavy (non-hydrogen) atoms. The molecule has 0 spiro atoms. The Kier molecular flexibility index (Phi) is 6.19. The maximum atomic E-state index is 13.1. The first-order chi connectivity index (χ1) is 10.1. The maximum Gasteiger partial charge on any atom is 0.166 e. The van der Waals surface area contributed by atoms with Gasteiger partial charge in [-0.3, -0.25) is 4.79 Å². The predicted molar refractivity (Wildman–Crippen MR) is 82.1 cm³/mol. The van der Waals surface area contributed by atoms with Gasteiger partial charge in [0, 0.05) is 18.1 Å². The second kappa shape index (κ2) is 7.90. The summed E-state index contributed by atoms with van der Waals surface area (Å²) in [6, 6.07) is 4.17. The number of carbonyl (C=O) groups is 1. The van der Waals surface area contributed by atoms with Crippen LogP contribution in [-0.2, 0) is 16.0 Å². The van der Waals surface area contributed by atoms with Gasteiger partial charge in [0.15, 0.2) is 5.78 Å². The summed E-state index contributed by atoms with van der Waals surface area (Å²) >= 11 is 6.01. The molecule has 2 nitrogen and oxygen atoms in total. The number of rotatable bonds is 6. The summed E-state index contributed by atoms with van der Waals surface area (Å²) < 4.78 is 18.8. The summed E-state index contributed by atoms with van der Waals surface area (Å²) in [6.45, 7) is 2.44. The predicted octanol–water partition coefficient (Wildman–Crippen LogP) is 4.58. The lowest BCUT2D eigenvalue weighted by molar-refractivity contribution is -0.134. The number of Topliss-reactive ketones (excluding diaryl/α,β-unsaturated/α-hetero) is 1. The molecule has 0 saturated heterocycles. The van der Waals surface area contributed by atoms with Crippen LogP contribution in [0.15, 0.2) is 18.2 Å². The highest BCUT2D eigenvalue weighted by Gasteiger charge is 2.30. The highest BCUT2D eigenvalue weighted by atomic mass is 35.5. The molecule has 0 heterocycles. The standard InChI is InChI=1S/C17H22ClFO2/c1-2-21-17(12-6-4-3-5-7-12)16(20)10-13-8-9-14(19)11-15(13)18/h8-9,11-12,17H,2-7,10H2,1H3. The Morgan fingerprint density at radius 3 is 2.71 bits per heavy atom. The Bertz CT molecular complexity index is 484. The fourth-order valence-electron chi connectivity index (χ4n) is 3.06. The molecule has 0 N–H and O–H groups in total. The van der Waals surface area contributed by atoms with Gasteiger partial charge in [-0.25, -0.2) is 4.39 Å². The molecule has 1 unspecified atom stereocenters. The first-order valence-corrected chi connectivity index (χ1v) is 8.08. The molecule has 1 aromatic rings. The third-order valence-electron chi connectivity index (χ3n) is 4.12. The molecule has 0 aliphatic heterocycles. The lowest BCUT2D eigenvalue weighted by Crippen LogP contribution is -2.35. The summed E-state index contributed by atoms with van der Waals surface area (Å²) in [4.78, 5) is 12.6. The van der Waals surface area contributed by atoms with Gasteiger partial charge < -0.3 is 4.74 Å². The molecule has 0 aromatic heterocycles. The highest BCUT2D eigenvalue weighted by molar-refractivity contribution is 6.31. The number of hydrogen-bond acceptors (Lipinski definition) is 2. The molecule has 2 rings (SSSR count). The second-order valence-corrected chi connectivity index (χ2v) is 6.06. The molecule has 116 valence electrons. The van der Waals surface area contributed by atoms with E-state index in [0.717, 1.165) is 12.8 Å². The molecule has 1 saturated carbocycles. The van der Waals surface area contributed by atoms with E-state index >= 15 is 0 Å². The van der Waals surface area contributed by atoms with Gasteiger partial charge in [-0.2, -0.15) is 0 Å². The number of carbonyl (C=O) groups excluding carboxylic acids is 1. The van der Waals surface area contributed by atoms with E-state index < -0.39 is 0 Å². The average Bonchev–Trinajstić information content (AvgIpc) is 2.48. The van der Waals surface area contributed by atoms with Crippen LogP contribution in [0.4, 0.5) is 4.39 Å². The van der Waals surface area contributed by atoms with Crippen LogP contribution in [-0.4, -0.2) is 18.5 Å². The van der Waals surface area contributed by atoms with Crippen molar-refractivity contribution in [3.05, 3.63) is 34.6 Å². The van der Waals surface area contributed by atoms with Crippen molar-refractivity contribution >= 4 is 17.4 Å². The average molecular weight is 313 g/mol. The van der Waals surface area contributed by atoms with Crippen molar-refractivity contribution in [1.29, 1.82) is 0 Å². The summed E-state index contributed by atoms with van der Waals surface area (Å²) in [6.07, 6.45) is 5.53. The fourth-order valence-corrected chi connectivity index (χ4v) is 3.30. The van der Waals surface area contributed by atoms with Crippen LogP contribution in [0.25, 0.3) is 0 Å². The number of benzene rings is 1. The zero-order valence-corrected chi connectivity index (χ0v) is 13.2. The maximum absolute atomic E-state index is 13.1. The number of ketones is 1. The normalized spacial score (nSPS) is 17.7. The molecule has 1 aromatic carbocycles.